The molecule has 0 fully saturated rings. The molecular weight excluding hydrogens is 560 g/mol. The quantitative estimate of drug-likeness (QED) is 0.192. The van der Waals surface area contributed by atoms with E-state index in [-0.39, 0.29) is 5.04 Å². The molecule has 0 saturated heterocycles. The van der Waals surface area contributed by atoms with Gasteiger partial charge in [-0.1, -0.05) is 0 Å². The van der Waals surface area contributed by atoms with E-state index in [9.17, 15) is 0 Å². The Bertz CT molecular complexity index is 1540. The first-order chi connectivity index (χ1) is 18.8. The molecule has 41 heavy (non-hydrogen) atoms. The van der Waals surface area contributed by atoms with E-state index in [1.165, 1.54) is 33.4 Å². The minimum atomic E-state index is -2.76. The van der Waals surface area contributed by atoms with Crippen LogP contribution < -0.4 is 20.7 Å². The second kappa shape index (κ2) is 10.8. The second-order valence-electron chi connectivity index (χ2n) is 15.3. The zero-order valence-electron chi connectivity index (χ0n) is 28.7. The first-order valence-electron chi connectivity index (χ1n) is 15.5. The third-order valence-corrected chi connectivity index (χ3v) is 22.3. The Kier molecular flexibility index (Phi) is 8.46. The Hall–Kier alpha value is -1.71. The van der Waals surface area contributed by atoms with Crippen molar-refractivity contribution in [1.82, 2.24) is 0 Å². The summed E-state index contributed by atoms with van der Waals surface area (Å²) in [7, 11) is -4.33. The number of hydrogen-bond acceptors (Lipinski definition) is 0. The molecule has 218 valence electrons. The molecule has 1 aliphatic carbocycles. The molecule has 0 spiro atoms. The predicted molar refractivity (Wildman–Crippen MR) is 188 cm³/mol. The molecule has 0 N–H and O–H groups in total. The van der Waals surface area contributed by atoms with E-state index in [0.29, 0.717) is 0 Å². The molecule has 0 aliphatic heterocycles. The second-order valence-corrected chi connectivity index (χ2v) is 32.4. The maximum atomic E-state index is 2.69. The van der Waals surface area contributed by atoms with Gasteiger partial charge in [-0.3, -0.25) is 0 Å². The normalized spacial score (nSPS) is 18.5. The summed E-state index contributed by atoms with van der Waals surface area (Å²) in [6.45, 7) is 29.2. The zero-order chi connectivity index (χ0) is 30.9. The van der Waals surface area contributed by atoms with Crippen LogP contribution in [0.5, 0.6) is 0 Å². The van der Waals surface area contributed by atoms with Gasteiger partial charge in [0.05, 0.1) is 0 Å². The summed E-state index contributed by atoms with van der Waals surface area (Å²) in [5.74, 6) is 0. The molecule has 3 aromatic rings. The van der Waals surface area contributed by atoms with Gasteiger partial charge < -0.3 is 0 Å². The van der Waals surface area contributed by atoms with E-state index >= 15 is 0 Å². The van der Waals surface area contributed by atoms with E-state index in [1.807, 2.05) is 3.88 Å². The predicted octanol–water partition coefficient (Wildman–Crippen LogP) is 8.93. The van der Waals surface area contributed by atoms with Gasteiger partial charge in [-0.2, -0.15) is 0 Å². The number of hydrogen-bond donors (Lipinski definition) is 0. The number of allylic oxidation sites excluding steroid dienone is 4. The van der Waals surface area contributed by atoms with Crippen molar-refractivity contribution in [3.63, 3.8) is 0 Å². The Morgan fingerprint density at radius 2 is 1.02 bits per heavy atom. The van der Waals surface area contributed by atoms with Gasteiger partial charge in [0.2, 0.25) is 0 Å². The topological polar surface area (TPSA) is 0 Å². The van der Waals surface area contributed by atoms with Gasteiger partial charge in [0.25, 0.3) is 0 Å². The molecule has 0 heterocycles. The fourth-order valence-corrected chi connectivity index (χ4v) is 23.6. The summed E-state index contributed by atoms with van der Waals surface area (Å²) >= 11 is -2.38. The van der Waals surface area contributed by atoms with E-state index in [1.54, 1.807) is 31.9 Å². The van der Waals surface area contributed by atoms with Gasteiger partial charge in [-0.05, 0) is 0 Å². The van der Waals surface area contributed by atoms with Crippen LogP contribution in [-0.2, 0) is 16.6 Å². The van der Waals surface area contributed by atoms with Gasteiger partial charge in [0.1, 0.15) is 0 Å². The number of benzene rings is 3. The van der Waals surface area contributed by atoms with E-state index < -0.39 is 32.7 Å². The zero-order valence-corrected chi connectivity index (χ0v) is 32.3. The third kappa shape index (κ3) is 5.11. The molecule has 0 nitrogen and oxygen atoms in total. The Balaban J connectivity index is 2.42. The van der Waals surface area contributed by atoms with E-state index in [4.69, 9.17) is 0 Å². The van der Waals surface area contributed by atoms with Crippen LogP contribution in [0.1, 0.15) is 55.5 Å². The van der Waals surface area contributed by atoms with Crippen molar-refractivity contribution in [2.24, 2.45) is 0 Å². The SMILES string of the molecule is CC1=C(C)C(C)([Si](c2cc(C)cc([Si](C)(C)C)c2)(c2ccc(C)cc2C)c2ccc(C)cc2C)[C]([Ti]([CH3])([CH3])[CH3])=C1C. The van der Waals surface area contributed by atoms with Crippen molar-refractivity contribution in [3.8, 4) is 0 Å². The molecule has 1 atom stereocenters. The van der Waals surface area contributed by atoms with Crippen LogP contribution in [0.4, 0.5) is 0 Å². The van der Waals surface area contributed by atoms with Crippen LogP contribution in [0.15, 0.2) is 75.2 Å². The number of rotatable bonds is 6. The van der Waals surface area contributed by atoms with Crippen molar-refractivity contribution >= 4 is 36.9 Å². The summed E-state index contributed by atoms with van der Waals surface area (Å²) in [6, 6.07) is 22.6. The summed E-state index contributed by atoms with van der Waals surface area (Å²) in [5.41, 5.74) is 11.7. The molecule has 3 aromatic carbocycles. The Morgan fingerprint density at radius 1 is 0.561 bits per heavy atom. The molecular formula is C38H54Si2Ti. The summed E-state index contributed by atoms with van der Waals surface area (Å²) in [5, 5.41) is 14.2. The maximum absolute atomic E-state index is 2.76. The third-order valence-electron chi connectivity index (χ3n) is 10.2. The van der Waals surface area contributed by atoms with Crippen molar-refractivity contribution in [2.45, 2.75) is 103 Å². The van der Waals surface area contributed by atoms with Gasteiger partial charge in [0.15, 0.2) is 0 Å². The Morgan fingerprint density at radius 3 is 1.44 bits per heavy atom. The molecule has 4 rings (SSSR count). The number of aryl methyl sites for hydroxylation is 5. The van der Waals surface area contributed by atoms with Crippen molar-refractivity contribution in [1.29, 1.82) is 0 Å². The summed E-state index contributed by atoms with van der Waals surface area (Å²) < 4.78 is 1.81. The first kappa shape index (κ1) is 32.2. The van der Waals surface area contributed by atoms with Crippen LogP contribution in [-0.4, -0.2) is 16.1 Å². The summed E-state index contributed by atoms with van der Waals surface area (Å²) in [4.78, 5) is 0. The standard InChI is InChI=1S/C35H45Si2.3CH3.Ti/c1-23-13-15-33(26(4)17-23)37(34-16-14-24(2)18-27(34)5,35(9)22-28(6)29(7)30(35)8)32-20-25(3)19-31(21-32)36(10,11)12;;;;/h13-21H,1-12H3;3*1H3;. The molecule has 0 radical (unpaired) electrons. The molecule has 0 saturated carbocycles. The Labute approximate surface area is 257 Å². The van der Waals surface area contributed by atoms with E-state index in [2.05, 4.69) is 152 Å². The minimum absolute atomic E-state index is 0.0516. The van der Waals surface area contributed by atoms with Gasteiger partial charge in [-0.25, -0.2) is 0 Å². The van der Waals surface area contributed by atoms with Crippen LogP contribution in [0.3, 0.4) is 0 Å². The average molecular weight is 615 g/mol. The molecule has 3 heteroatoms. The fraction of sp³-hybridized carbons (Fsp3) is 0.421. The van der Waals surface area contributed by atoms with Gasteiger partial charge in [-0.15, -0.1) is 0 Å². The van der Waals surface area contributed by atoms with Crippen LogP contribution in [0, 0.1) is 34.6 Å². The molecule has 1 aliphatic rings. The molecule has 0 bridgehead atoms. The van der Waals surface area contributed by atoms with Crippen LogP contribution >= 0.6 is 0 Å². The van der Waals surface area contributed by atoms with E-state index in [0.717, 1.165) is 0 Å². The van der Waals surface area contributed by atoms with Crippen molar-refractivity contribution in [3.05, 3.63) is 103 Å². The van der Waals surface area contributed by atoms with Crippen molar-refractivity contribution < 1.29 is 16.6 Å². The monoisotopic (exact) mass is 614 g/mol. The molecule has 1 unspecified atom stereocenters. The average Bonchev–Trinajstić information content (AvgIpc) is 3.01. The summed E-state index contributed by atoms with van der Waals surface area (Å²) in [6.07, 6.45) is 0. The van der Waals surface area contributed by atoms with Crippen LogP contribution in [0.2, 0.25) is 40.4 Å². The fourth-order valence-electron chi connectivity index (χ4n) is 8.37. The molecule has 0 aromatic heterocycles. The van der Waals surface area contributed by atoms with Gasteiger partial charge in [0, 0.05) is 0 Å². The van der Waals surface area contributed by atoms with Gasteiger partial charge >= 0.3 is 259 Å². The first-order valence-corrected chi connectivity index (χ1v) is 26.4. The molecule has 0 amide bonds. The van der Waals surface area contributed by atoms with Crippen LogP contribution in [0.25, 0.3) is 0 Å². The van der Waals surface area contributed by atoms with Crippen molar-refractivity contribution in [2.75, 3.05) is 0 Å².